The van der Waals surface area contributed by atoms with Crippen molar-refractivity contribution >= 4 is 18.0 Å². The van der Waals surface area contributed by atoms with Crippen LogP contribution >= 0.6 is 0 Å². The SMILES string of the molecule is Cc1cc(O)c(C)c(O)c1/C=N/NC(=O)CNC(=O)C(c1ccccc1)c1ccccc1. The molecule has 4 N–H and O–H groups in total. The summed E-state index contributed by atoms with van der Waals surface area (Å²) in [5, 5.41) is 26.4. The van der Waals surface area contributed by atoms with Gasteiger partial charge in [0.1, 0.15) is 11.5 Å². The molecule has 0 fully saturated rings. The molecule has 0 saturated carbocycles. The predicted octanol–water partition coefficient (Wildman–Crippen LogP) is 3.11. The smallest absolute Gasteiger partial charge is 0.259 e. The zero-order valence-corrected chi connectivity index (χ0v) is 17.9. The van der Waals surface area contributed by atoms with Crippen LogP contribution in [0.2, 0.25) is 0 Å². The summed E-state index contributed by atoms with van der Waals surface area (Å²) in [6.07, 6.45) is 1.30. The number of hydrogen-bond acceptors (Lipinski definition) is 5. The molecule has 0 unspecified atom stereocenters. The van der Waals surface area contributed by atoms with Crippen molar-refractivity contribution in [1.82, 2.24) is 10.7 Å². The number of hydrazone groups is 1. The molecule has 0 aliphatic heterocycles. The summed E-state index contributed by atoms with van der Waals surface area (Å²) in [7, 11) is 0. The normalized spacial score (nSPS) is 11.0. The summed E-state index contributed by atoms with van der Waals surface area (Å²) < 4.78 is 0. The number of rotatable bonds is 7. The van der Waals surface area contributed by atoms with E-state index in [0.717, 1.165) is 11.1 Å². The van der Waals surface area contributed by atoms with Crippen LogP contribution in [0.3, 0.4) is 0 Å². The molecule has 0 radical (unpaired) electrons. The van der Waals surface area contributed by atoms with Gasteiger partial charge in [-0.15, -0.1) is 0 Å². The summed E-state index contributed by atoms with van der Waals surface area (Å²) in [5.74, 6) is -1.49. The first-order valence-corrected chi connectivity index (χ1v) is 10.1. The van der Waals surface area contributed by atoms with E-state index in [9.17, 15) is 19.8 Å². The van der Waals surface area contributed by atoms with Gasteiger partial charge in [-0.25, -0.2) is 5.43 Å². The number of amides is 2. The molecule has 0 heterocycles. The maximum absolute atomic E-state index is 12.9. The molecule has 2 amide bonds. The number of aromatic hydroxyl groups is 2. The lowest BCUT2D eigenvalue weighted by Crippen LogP contribution is -2.37. The lowest BCUT2D eigenvalue weighted by atomic mass is 9.90. The number of carbonyl (C=O) groups is 2. The molecule has 0 aliphatic rings. The summed E-state index contributed by atoms with van der Waals surface area (Å²) >= 11 is 0. The zero-order chi connectivity index (χ0) is 23.1. The monoisotopic (exact) mass is 431 g/mol. The molecule has 3 aromatic carbocycles. The van der Waals surface area contributed by atoms with Crippen molar-refractivity contribution in [1.29, 1.82) is 0 Å². The minimum atomic E-state index is -0.548. The first-order chi connectivity index (χ1) is 15.4. The van der Waals surface area contributed by atoms with Crippen molar-refractivity contribution < 1.29 is 19.8 Å². The fourth-order valence-corrected chi connectivity index (χ4v) is 3.33. The lowest BCUT2D eigenvalue weighted by molar-refractivity contribution is -0.126. The van der Waals surface area contributed by atoms with Crippen LogP contribution < -0.4 is 10.7 Å². The van der Waals surface area contributed by atoms with Crippen LogP contribution in [0.25, 0.3) is 0 Å². The Balaban J connectivity index is 1.64. The van der Waals surface area contributed by atoms with E-state index < -0.39 is 11.8 Å². The average molecular weight is 431 g/mol. The highest BCUT2D eigenvalue weighted by atomic mass is 16.3. The van der Waals surface area contributed by atoms with Gasteiger partial charge in [-0.2, -0.15) is 5.10 Å². The Morgan fingerprint density at radius 1 is 0.969 bits per heavy atom. The first kappa shape index (κ1) is 22.6. The van der Waals surface area contributed by atoms with Crippen LogP contribution in [-0.2, 0) is 9.59 Å². The molecule has 7 heteroatoms. The van der Waals surface area contributed by atoms with Crippen LogP contribution in [0.5, 0.6) is 11.5 Å². The van der Waals surface area contributed by atoms with E-state index in [4.69, 9.17) is 0 Å². The lowest BCUT2D eigenvalue weighted by Gasteiger charge is -2.17. The van der Waals surface area contributed by atoms with E-state index in [1.807, 2.05) is 60.7 Å². The van der Waals surface area contributed by atoms with E-state index in [1.54, 1.807) is 13.8 Å². The minimum Gasteiger partial charge on any atom is -0.508 e. The van der Waals surface area contributed by atoms with Gasteiger partial charge in [-0.1, -0.05) is 60.7 Å². The van der Waals surface area contributed by atoms with Gasteiger partial charge < -0.3 is 15.5 Å². The molecule has 0 atom stereocenters. The van der Waals surface area contributed by atoms with Gasteiger partial charge in [-0.3, -0.25) is 9.59 Å². The Hall–Kier alpha value is -4.13. The predicted molar refractivity (Wildman–Crippen MR) is 123 cm³/mol. The van der Waals surface area contributed by atoms with Crippen molar-refractivity contribution in [2.45, 2.75) is 19.8 Å². The van der Waals surface area contributed by atoms with Crippen molar-refractivity contribution in [3.8, 4) is 11.5 Å². The topological polar surface area (TPSA) is 111 Å². The summed E-state index contributed by atoms with van der Waals surface area (Å²) in [4.78, 5) is 25.1. The molecule has 3 rings (SSSR count). The van der Waals surface area contributed by atoms with E-state index in [2.05, 4.69) is 15.8 Å². The number of aryl methyl sites for hydroxylation is 1. The van der Waals surface area contributed by atoms with Gasteiger partial charge in [-0.05, 0) is 36.6 Å². The van der Waals surface area contributed by atoms with E-state index >= 15 is 0 Å². The molecule has 0 aromatic heterocycles. The number of benzene rings is 3. The van der Waals surface area contributed by atoms with Crippen LogP contribution in [0.15, 0.2) is 71.8 Å². The number of phenolic OH excluding ortho intramolecular Hbond substituents is 2. The second kappa shape index (κ2) is 10.3. The van der Waals surface area contributed by atoms with Crippen LogP contribution in [-0.4, -0.2) is 34.8 Å². The number of hydrogen-bond donors (Lipinski definition) is 4. The van der Waals surface area contributed by atoms with E-state index in [1.165, 1.54) is 12.3 Å². The molecule has 32 heavy (non-hydrogen) atoms. The maximum Gasteiger partial charge on any atom is 0.259 e. The molecule has 3 aromatic rings. The third-order valence-corrected chi connectivity index (χ3v) is 5.11. The van der Waals surface area contributed by atoms with Gasteiger partial charge >= 0.3 is 0 Å². The van der Waals surface area contributed by atoms with Crippen molar-refractivity contribution in [2.75, 3.05) is 6.54 Å². The van der Waals surface area contributed by atoms with Crippen LogP contribution in [0.4, 0.5) is 0 Å². The van der Waals surface area contributed by atoms with Gasteiger partial charge in [0, 0.05) is 11.1 Å². The second-order valence-corrected chi connectivity index (χ2v) is 7.37. The largest absolute Gasteiger partial charge is 0.508 e. The Labute approximate surface area is 186 Å². The summed E-state index contributed by atoms with van der Waals surface area (Å²) in [6, 6.07) is 20.2. The number of nitrogens with one attached hydrogen (secondary N) is 2. The third kappa shape index (κ3) is 5.31. The van der Waals surface area contributed by atoms with Crippen LogP contribution in [0, 0.1) is 13.8 Å². The molecule has 7 nitrogen and oxygen atoms in total. The number of carbonyl (C=O) groups excluding carboxylic acids is 2. The highest BCUT2D eigenvalue weighted by Crippen LogP contribution is 2.31. The Bertz CT molecular complexity index is 1090. The van der Waals surface area contributed by atoms with E-state index in [0.29, 0.717) is 16.7 Å². The van der Waals surface area contributed by atoms with Crippen molar-refractivity contribution in [2.24, 2.45) is 5.10 Å². The standard InChI is InChI=1S/C25H25N3O4/c1-16-13-21(29)17(2)24(31)20(16)14-27-28-22(30)15-26-25(32)23(18-9-5-3-6-10-18)19-11-7-4-8-12-19/h3-14,23,29,31H,15H2,1-2H3,(H,26,32)(H,28,30)/b27-14+. The number of nitrogens with zero attached hydrogens (tertiary/aromatic N) is 1. The fourth-order valence-electron chi connectivity index (χ4n) is 3.33. The molecular weight excluding hydrogens is 406 g/mol. The Kier molecular flexibility index (Phi) is 7.23. The van der Waals surface area contributed by atoms with Crippen molar-refractivity contribution in [3.05, 3.63) is 94.5 Å². The summed E-state index contributed by atoms with van der Waals surface area (Å²) in [5.41, 5.74) is 5.29. The molecule has 0 aliphatic carbocycles. The van der Waals surface area contributed by atoms with Gasteiger partial charge in [0.25, 0.3) is 5.91 Å². The minimum absolute atomic E-state index is 0.0183. The highest BCUT2D eigenvalue weighted by molar-refractivity contribution is 5.91. The van der Waals surface area contributed by atoms with Crippen LogP contribution in [0.1, 0.15) is 33.7 Å². The van der Waals surface area contributed by atoms with Gasteiger partial charge in [0.2, 0.25) is 5.91 Å². The Morgan fingerprint density at radius 3 is 2.09 bits per heavy atom. The molecule has 164 valence electrons. The van der Waals surface area contributed by atoms with Crippen molar-refractivity contribution in [3.63, 3.8) is 0 Å². The molecule has 0 bridgehead atoms. The molecule has 0 saturated heterocycles. The summed E-state index contributed by atoms with van der Waals surface area (Å²) in [6.45, 7) is 3.02. The maximum atomic E-state index is 12.9. The third-order valence-electron chi connectivity index (χ3n) is 5.11. The first-order valence-electron chi connectivity index (χ1n) is 10.1. The second-order valence-electron chi connectivity index (χ2n) is 7.37. The Morgan fingerprint density at radius 2 is 1.53 bits per heavy atom. The molecular formula is C25H25N3O4. The highest BCUT2D eigenvalue weighted by Gasteiger charge is 2.22. The van der Waals surface area contributed by atoms with Gasteiger partial charge in [0.05, 0.1) is 18.7 Å². The van der Waals surface area contributed by atoms with E-state index in [-0.39, 0.29) is 24.0 Å². The fraction of sp³-hybridized carbons (Fsp3) is 0.160. The average Bonchev–Trinajstić information content (AvgIpc) is 2.80. The van der Waals surface area contributed by atoms with Gasteiger partial charge in [0.15, 0.2) is 0 Å². The molecule has 0 spiro atoms. The zero-order valence-electron chi connectivity index (χ0n) is 17.9. The number of phenols is 2. The quantitative estimate of drug-likeness (QED) is 0.340.